The van der Waals surface area contributed by atoms with Crippen LogP contribution in [0.4, 0.5) is 13.2 Å². The van der Waals surface area contributed by atoms with E-state index in [1.54, 1.807) is 37.3 Å². The first-order chi connectivity index (χ1) is 8.84. The molecule has 1 N–H and O–H groups in total. The number of aliphatic carboxylic acids is 1. The summed E-state index contributed by atoms with van der Waals surface area (Å²) in [7, 11) is 0. The Morgan fingerprint density at radius 1 is 1.32 bits per heavy atom. The van der Waals surface area contributed by atoms with Gasteiger partial charge in [-0.05, 0) is 12.1 Å². The van der Waals surface area contributed by atoms with Crippen LogP contribution in [0.15, 0.2) is 30.3 Å². The number of hydrogen-bond acceptors (Lipinski definition) is 2. The van der Waals surface area contributed by atoms with Crippen LogP contribution in [-0.4, -0.2) is 34.7 Å². The van der Waals surface area contributed by atoms with Crippen molar-refractivity contribution in [3.63, 3.8) is 0 Å². The van der Waals surface area contributed by atoms with Crippen LogP contribution < -0.4 is 0 Å². The van der Waals surface area contributed by atoms with Crippen molar-refractivity contribution in [1.29, 1.82) is 0 Å². The van der Waals surface area contributed by atoms with Gasteiger partial charge in [-0.25, -0.2) is 0 Å². The number of nitrogens with zero attached hydrogens (tertiary/aromatic N) is 1. The van der Waals surface area contributed by atoms with Crippen molar-refractivity contribution in [2.45, 2.75) is 32.1 Å². The number of carboxylic acid groups (broad SMARTS) is 1. The summed E-state index contributed by atoms with van der Waals surface area (Å²) in [4.78, 5) is 11.7. The van der Waals surface area contributed by atoms with Crippen LogP contribution in [0.3, 0.4) is 0 Å². The van der Waals surface area contributed by atoms with E-state index in [-0.39, 0.29) is 13.1 Å². The maximum Gasteiger partial charge on any atom is 0.404 e. The minimum atomic E-state index is -4.55. The standard InChI is InChI=1S/C13H16F3NO2/c1-2-17(9-10-6-4-3-5-7-10)11(8-12(18)19)13(14,15)16/h3-7,11H,2,8-9H2,1H3,(H,18,19). The molecule has 1 rings (SSSR count). The highest BCUT2D eigenvalue weighted by molar-refractivity contribution is 5.67. The molecule has 0 spiro atoms. The quantitative estimate of drug-likeness (QED) is 0.867. The third-order valence-electron chi connectivity index (χ3n) is 2.82. The predicted octanol–water partition coefficient (Wildman–Crippen LogP) is 2.91. The van der Waals surface area contributed by atoms with Crippen LogP contribution in [0, 0.1) is 0 Å². The zero-order valence-corrected chi connectivity index (χ0v) is 10.5. The van der Waals surface area contributed by atoms with Crippen molar-refractivity contribution in [2.75, 3.05) is 6.54 Å². The van der Waals surface area contributed by atoms with E-state index in [0.29, 0.717) is 0 Å². The first kappa shape index (κ1) is 15.5. The number of carbonyl (C=O) groups is 1. The lowest BCUT2D eigenvalue weighted by atomic mass is 10.1. The van der Waals surface area contributed by atoms with E-state index in [1.807, 2.05) is 0 Å². The van der Waals surface area contributed by atoms with Gasteiger partial charge in [-0.3, -0.25) is 9.69 Å². The van der Waals surface area contributed by atoms with Gasteiger partial charge in [-0.1, -0.05) is 37.3 Å². The molecule has 1 unspecified atom stereocenters. The molecule has 0 radical (unpaired) electrons. The Morgan fingerprint density at radius 2 is 1.89 bits per heavy atom. The Morgan fingerprint density at radius 3 is 2.32 bits per heavy atom. The molecule has 0 aliphatic heterocycles. The van der Waals surface area contributed by atoms with Gasteiger partial charge in [-0.2, -0.15) is 13.2 Å². The zero-order valence-electron chi connectivity index (χ0n) is 10.5. The van der Waals surface area contributed by atoms with Gasteiger partial charge < -0.3 is 5.11 Å². The Labute approximate surface area is 109 Å². The second kappa shape index (κ2) is 6.56. The van der Waals surface area contributed by atoms with E-state index in [1.165, 1.54) is 0 Å². The molecule has 0 aromatic heterocycles. The van der Waals surface area contributed by atoms with Crippen molar-refractivity contribution < 1.29 is 23.1 Å². The molecule has 1 aromatic rings. The van der Waals surface area contributed by atoms with Gasteiger partial charge in [0.2, 0.25) is 0 Å². The number of rotatable bonds is 6. The van der Waals surface area contributed by atoms with E-state index in [0.717, 1.165) is 10.5 Å². The van der Waals surface area contributed by atoms with E-state index in [4.69, 9.17) is 5.11 Å². The molecule has 0 aliphatic carbocycles. The van der Waals surface area contributed by atoms with Crippen LogP contribution in [-0.2, 0) is 11.3 Å². The van der Waals surface area contributed by atoms with Crippen molar-refractivity contribution in [3.05, 3.63) is 35.9 Å². The molecule has 0 aliphatic rings. The highest BCUT2D eigenvalue weighted by atomic mass is 19.4. The van der Waals surface area contributed by atoms with Gasteiger partial charge >= 0.3 is 12.1 Å². The Bertz CT molecular complexity index is 406. The van der Waals surface area contributed by atoms with Crippen LogP contribution in [0.2, 0.25) is 0 Å². The summed E-state index contributed by atoms with van der Waals surface area (Å²) in [6.45, 7) is 1.80. The number of alkyl halides is 3. The highest BCUT2D eigenvalue weighted by Gasteiger charge is 2.44. The largest absolute Gasteiger partial charge is 0.481 e. The number of halogens is 3. The first-order valence-electron chi connectivity index (χ1n) is 5.91. The summed E-state index contributed by atoms with van der Waals surface area (Å²) in [6, 6.07) is 6.73. The second-order valence-corrected chi connectivity index (χ2v) is 4.20. The molecule has 1 aromatic carbocycles. The average Bonchev–Trinajstić information content (AvgIpc) is 2.33. The van der Waals surface area contributed by atoms with Gasteiger partial charge in [-0.15, -0.1) is 0 Å². The van der Waals surface area contributed by atoms with Gasteiger partial charge in [0.15, 0.2) is 0 Å². The molecule has 6 heteroatoms. The van der Waals surface area contributed by atoms with E-state index < -0.39 is 24.6 Å². The summed E-state index contributed by atoms with van der Waals surface area (Å²) in [5.41, 5.74) is 0.726. The number of carboxylic acids is 1. The maximum atomic E-state index is 12.9. The maximum absolute atomic E-state index is 12.9. The Balaban J connectivity index is 2.87. The zero-order chi connectivity index (χ0) is 14.5. The molecule has 19 heavy (non-hydrogen) atoms. The van der Waals surface area contributed by atoms with E-state index in [2.05, 4.69) is 0 Å². The van der Waals surface area contributed by atoms with Crippen LogP contribution >= 0.6 is 0 Å². The molecule has 0 saturated carbocycles. The predicted molar refractivity (Wildman–Crippen MR) is 64.6 cm³/mol. The average molecular weight is 275 g/mol. The molecular weight excluding hydrogens is 259 g/mol. The normalized spacial score (nSPS) is 13.5. The van der Waals surface area contributed by atoms with Crippen molar-refractivity contribution in [1.82, 2.24) is 4.90 Å². The number of benzene rings is 1. The van der Waals surface area contributed by atoms with Gasteiger partial charge in [0.1, 0.15) is 6.04 Å². The molecule has 0 amide bonds. The van der Waals surface area contributed by atoms with Crippen molar-refractivity contribution in [2.24, 2.45) is 0 Å². The second-order valence-electron chi connectivity index (χ2n) is 4.20. The Hall–Kier alpha value is -1.56. The summed E-state index contributed by atoms with van der Waals surface area (Å²) in [5, 5.41) is 8.63. The van der Waals surface area contributed by atoms with Crippen LogP contribution in [0.5, 0.6) is 0 Å². The Kier molecular flexibility index (Phi) is 5.35. The highest BCUT2D eigenvalue weighted by Crippen LogP contribution is 2.28. The molecular formula is C13H16F3NO2. The molecule has 0 heterocycles. The third kappa shape index (κ3) is 4.90. The summed E-state index contributed by atoms with van der Waals surface area (Å²) in [6.07, 6.45) is -5.49. The summed E-state index contributed by atoms with van der Waals surface area (Å²) < 4.78 is 38.7. The molecule has 106 valence electrons. The van der Waals surface area contributed by atoms with E-state index in [9.17, 15) is 18.0 Å². The fraction of sp³-hybridized carbons (Fsp3) is 0.462. The lowest BCUT2D eigenvalue weighted by Gasteiger charge is -2.31. The monoisotopic (exact) mass is 275 g/mol. The third-order valence-corrected chi connectivity index (χ3v) is 2.82. The minimum Gasteiger partial charge on any atom is -0.481 e. The van der Waals surface area contributed by atoms with Crippen molar-refractivity contribution >= 4 is 5.97 Å². The lowest BCUT2D eigenvalue weighted by molar-refractivity contribution is -0.191. The first-order valence-corrected chi connectivity index (χ1v) is 5.91. The molecule has 1 atom stereocenters. The minimum absolute atomic E-state index is 0.0782. The topological polar surface area (TPSA) is 40.5 Å². The van der Waals surface area contributed by atoms with Gasteiger partial charge in [0.05, 0.1) is 6.42 Å². The van der Waals surface area contributed by atoms with Gasteiger partial charge in [0.25, 0.3) is 0 Å². The lowest BCUT2D eigenvalue weighted by Crippen LogP contribution is -2.46. The molecule has 3 nitrogen and oxygen atoms in total. The van der Waals surface area contributed by atoms with Crippen molar-refractivity contribution in [3.8, 4) is 0 Å². The fourth-order valence-corrected chi connectivity index (χ4v) is 1.88. The fourth-order valence-electron chi connectivity index (χ4n) is 1.88. The molecule has 0 saturated heterocycles. The molecule has 0 bridgehead atoms. The summed E-state index contributed by atoms with van der Waals surface area (Å²) >= 11 is 0. The van der Waals surface area contributed by atoms with Gasteiger partial charge in [0, 0.05) is 6.54 Å². The summed E-state index contributed by atoms with van der Waals surface area (Å²) in [5.74, 6) is -1.45. The molecule has 0 fully saturated rings. The smallest absolute Gasteiger partial charge is 0.404 e. The SMILES string of the molecule is CCN(Cc1ccccc1)C(CC(=O)O)C(F)(F)F. The van der Waals surface area contributed by atoms with Crippen LogP contribution in [0.1, 0.15) is 18.9 Å². The number of hydrogen-bond donors (Lipinski definition) is 1. The van der Waals surface area contributed by atoms with Crippen LogP contribution in [0.25, 0.3) is 0 Å². The van der Waals surface area contributed by atoms with E-state index >= 15 is 0 Å².